The maximum Gasteiger partial charge on any atom is 0.0292 e. The Labute approximate surface area is 124 Å². The van der Waals surface area contributed by atoms with E-state index in [4.69, 9.17) is 0 Å². The van der Waals surface area contributed by atoms with Gasteiger partial charge in [0.25, 0.3) is 0 Å². The molecule has 20 heavy (non-hydrogen) atoms. The molecular formula is C17H29N3. The van der Waals surface area contributed by atoms with Crippen molar-refractivity contribution in [2.45, 2.75) is 26.8 Å². The Morgan fingerprint density at radius 1 is 1.05 bits per heavy atom. The van der Waals surface area contributed by atoms with Crippen LogP contribution in [0.5, 0.6) is 0 Å². The zero-order chi connectivity index (χ0) is 14.5. The molecule has 1 unspecified atom stereocenters. The van der Waals surface area contributed by atoms with E-state index in [-0.39, 0.29) is 0 Å². The smallest absolute Gasteiger partial charge is 0.0292 e. The second-order valence-electron chi connectivity index (χ2n) is 6.24. The number of hydrogen-bond acceptors (Lipinski definition) is 3. The van der Waals surface area contributed by atoms with Gasteiger partial charge < -0.3 is 10.2 Å². The molecule has 1 aromatic rings. The van der Waals surface area contributed by atoms with Crippen LogP contribution in [0.15, 0.2) is 18.2 Å². The predicted molar refractivity (Wildman–Crippen MR) is 86.3 cm³/mol. The van der Waals surface area contributed by atoms with E-state index in [2.05, 4.69) is 61.1 Å². The van der Waals surface area contributed by atoms with Gasteiger partial charge in [0.2, 0.25) is 0 Å². The van der Waals surface area contributed by atoms with Gasteiger partial charge >= 0.3 is 0 Å². The average molecular weight is 275 g/mol. The van der Waals surface area contributed by atoms with E-state index >= 15 is 0 Å². The van der Waals surface area contributed by atoms with Gasteiger partial charge in [-0.1, -0.05) is 29.3 Å². The third-order valence-electron chi connectivity index (χ3n) is 4.22. The Kier molecular flexibility index (Phi) is 5.58. The van der Waals surface area contributed by atoms with Crippen LogP contribution in [0.2, 0.25) is 0 Å². The molecule has 1 heterocycles. The fourth-order valence-electron chi connectivity index (χ4n) is 2.89. The summed E-state index contributed by atoms with van der Waals surface area (Å²) in [5.74, 6) is 0. The van der Waals surface area contributed by atoms with E-state index in [1.54, 1.807) is 0 Å². The first-order chi connectivity index (χ1) is 9.54. The van der Waals surface area contributed by atoms with E-state index in [0.717, 1.165) is 13.1 Å². The molecule has 1 saturated heterocycles. The SMILES string of the molecule is Cc1cc(C)cc(C(C)NCCN2CCN(C)CC2)c1. The van der Waals surface area contributed by atoms with Gasteiger partial charge in [0.1, 0.15) is 0 Å². The molecule has 1 aliphatic heterocycles. The standard InChI is InChI=1S/C17H29N3/c1-14-11-15(2)13-17(12-14)16(3)18-5-6-20-9-7-19(4)8-10-20/h11-13,16,18H,5-10H2,1-4H3. The van der Waals surface area contributed by atoms with Gasteiger partial charge in [0.05, 0.1) is 0 Å². The van der Waals surface area contributed by atoms with Crippen LogP contribution in [-0.4, -0.2) is 56.1 Å². The first kappa shape index (κ1) is 15.5. The summed E-state index contributed by atoms with van der Waals surface area (Å²) in [5, 5.41) is 3.66. The van der Waals surface area contributed by atoms with Crippen molar-refractivity contribution in [3.63, 3.8) is 0 Å². The van der Waals surface area contributed by atoms with Gasteiger partial charge in [-0.2, -0.15) is 0 Å². The topological polar surface area (TPSA) is 18.5 Å². The van der Waals surface area contributed by atoms with Crippen molar-refractivity contribution in [3.05, 3.63) is 34.9 Å². The fourth-order valence-corrected chi connectivity index (χ4v) is 2.89. The van der Waals surface area contributed by atoms with Crippen LogP contribution in [0.25, 0.3) is 0 Å². The van der Waals surface area contributed by atoms with Crippen molar-refractivity contribution in [2.75, 3.05) is 46.3 Å². The quantitative estimate of drug-likeness (QED) is 0.889. The molecule has 0 radical (unpaired) electrons. The fraction of sp³-hybridized carbons (Fsp3) is 0.647. The Morgan fingerprint density at radius 3 is 2.25 bits per heavy atom. The maximum atomic E-state index is 3.66. The van der Waals surface area contributed by atoms with Crippen molar-refractivity contribution in [3.8, 4) is 0 Å². The van der Waals surface area contributed by atoms with Gasteiger partial charge in [-0.3, -0.25) is 4.90 Å². The molecule has 1 aliphatic rings. The molecule has 1 aromatic carbocycles. The normalized spacial score (nSPS) is 19.2. The largest absolute Gasteiger partial charge is 0.309 e. The zero-order valence-corrected chi connectivity index (χ0v) is 13.4. The average Bonchev–Trinajstić information content (AvgIpc) is 2.40. The van der Waals surface area contributed by atoms with Crippen molar-refractivity contribution in [1.29, 1.82) is 0 Å². The minimum atomic E-state index is 0.432. The molecule has 1 N–H and O–H groups in total. The number of likely N-dealkylation sites (N-methyl/N-ethyl adjacent to an activating group) is 1. The number of aryl methyl sites for hydroxylation is 2. The monoisotopic (exact) mass is 275 g/mol. The lowest BCUT2D eigenvalue weighted by Gasteiger charge is -2.32. The summed E-state index contributed by atoms with van der Waals surface area (Å²) in [6.45, 7) is 13.6. The molecule has 1 atom stereocenters. The third-order valence-corrected chi connectivity index (χ3v) is 4.22. The van der Waals surface area contributed by atoms with E-state index in [1.807, 2.05) is 0 Å². The first-order valence-corrected chi connectivity index (χ1v) is 7.77. The summed E-state index contributed by atoms with van der Waals surface area (Å²) in [6.07, 6.45) is 0. The number of nitrogens with one attached hydrogen (secondary N) is 1. The first-order valence-electron chi connectivity index (χ1n) is 7.77. The highest BCUT2D eigenvalue weighted by Gasteiger charge is 2.13. The van der Waals surface area contributed by atoms with Crippen molar-refractivity contribution < 1.29 is 0 Å². The molecular weight excluding hydrogens is 246 g/mol. The van der Waals surface area contributed by atoms with Crippen LogP contribution in [0.3, 0.4) is 0 Å². The summed E-state index contributed by atoms with van der Waals surface area (Å²) in [4.78, 5) is 4.96. The van der Waals surface area contributed by atoms with E-state index < -0.39 is 0 Å². The highest BCUT2D eigenvalue weighted by atomic mass is 15.2. The van der Waals surface area contributed by atoms with Gasteiger partial charge in [-0.25, -0.2) is 0 Å². The number of rotatable bonds is 5. The van der Waals surface area contributed by atoms with Gasteiger partial charge in [0.15, 0.2) is 0 Å². The molecule has 0 amide bonds. The summed E-state index contributed by atoms with van der Waals surface area (Å²) >= 11 is 0. The van der Waals surface area contributed by atoms with Crippen molar-refractivity contribution in [1.82, 2.24) is 15.1 Å². The minimum Gasteiger partial charge on any atom is -0.309 e. The van der Waals surface area contributed by atoms with Crippen LogP contribution in [-0.2, 0) is 0 Å². The van der Waals surface area contributed by atoms with E-state index in [1.165, 1.54) is 42.9 Å². The molecule has 0 aromatic heterocycles. The highest BCUT2D eigenvalue weighted by molar-refractivity contribution is 5.30. The molecule has 112 valence electrons. The molecule has 0 aliphatic carbocycles. The Balaban J connectivity index is 1.76. The second kappa shape index (κ2) is 7.21. The Hall–Kier alpha value is -0.900. The Morgan fingerprint density at radius 2 is 1.65 bits per heavy atom. The number of hydrogen-bond donors (Lipinski definition) is 1. The molecule has 3 heteroatoms. The summed E-state index contributed by atoms with van der Waals surface area (Å²) in [7, 11) is 2.21. The van der Waals surface area contributed by atoms with Gasteiger partial charge in [0, 0.05) is 45.3 Å². The number of piperazine rings is 1. The lowest BCUT2D eigenvalue weighted by atomic mass is 10.0. The zero-order valence-electron chi connectivity index (χ0n) is 13.4. The van der Waals surface area contributed by atoms with Crippen LogP contribution >= 0.6 is 0 Å². The van der Waals surface area contributed by atoms with Crippen LogP contribution in [0.4, 0.5) is 0 Å². The molecule has 1 fully saturated rings. The van der Waals surface area contributed by atoms with E-state index in [9.17, 15) is 0 Å². The third kappa shape index (κ3) is 4.58. The van der Waals surface area contributed by atoms with E-state index in [0.29, 0.717) is 6.04 Å². The second-order valence-corrected chi connectivity index (χ2v) is 6.24. The predicted octanol–water partition coefficient (Wildman–Crippen LogP) is 2.20. The van der Waals surface area contributed by atoms with Crippen molar-refractivity contribution >= 4 is 0 Å². The molecule has 0 spiro atoms. The minimum absolute atomic E-state index is 0.432. The lowest BCUT2D eigenvalue weighted by Crippen LogP contribution is -2.46. The molecule has 2 rings (SSSR count). The molecule has 0 bridgehead atoms. The van der Waals surface area contributed by atoms with Crippen LogP contribution in [0, 0.1) is 13.8 Å². The van der Waals surface area contributed by atoms with Crippen LogP contribution < -0.4 is 5.32 Å². The molecule has 3 nitrogen and oxygen atoms in total. The van der Waals surface area contributed by atoms with Crippen LogP contribution in [0.1, 0.15) is 29.7 Å². The Bertz CT molecular complexity index is 402. The summed E-state index contributed by atoms with van der Waals surface area (Å²) in [6, 6.07) is 7.25. The van der Waals surface area contributed by atoms with Crippen molar-refractivity contribution in [2.24, 2.45) is 0 Å². The van der Waals surface area contributed by atoms with Gasteiger partial charge in [-0.05, 0) is 33.4 Å². The lowest BCUT2D eigenvalue weighted by molar-refractivity contribution is 0.154. The summed E-state index contributed by atoms with van der Waals surface area (Å²) < 4.78 is 0. The summed E-state index contributed by atoms with van der Waals surface area (Å²) in [5.41, 5.74) is 4.11. The maximum absolute atomic E-state index is 3.66. The molecule has 0 saturated carbocycles. The number of benzene rings is 1. The highest BCUT2D eigenvalue weighted by Crippen LogP contribution is 2.16. The van der Waals surface area contributed by atoms with Gasteiger partial charge in [-0.15, -0.1) is 0 Å². The number of nitrogens with zero attached hydrogens (tertiary/aromatic N) is 2.